The van der Waals surface area contributed by atoms with Gasteiger partial charge in [-0.2, -0.15) is 5.26 Å². The second-order valence-electron chi connectivity index (χ2n) is 5.23. The van der Waals surface area contributed by atoms with E-state index in [2.05, 4.69) is 35.4 Å². The Morgan fingerprint density at radius 2 is 2.32 bits per heavy atom. The summed E-state index contributed by atoms with van der Waals surface area (Å²) in [7, 11) is 0. The Hall–Kier alpha value is -1.36. The number of hydrogen-bond donors (Lipinski definition) is 1. The maximum atomic E-state index is 12.3. The van der Waals surface area contributed by atoms with E-state index in [9.17, 15) is 4.79 Å². The molecule has 1 N–H and O–H groups in total. The lowest BCUT2D eigenvalue weighted by Gasteiger charge is -1.99. The number of nitriles is 1. The Kier molecular flexibility index (Phi) is 4.52. The average Bonchev–Trinajstić information content (AvgIpc) is 3.06. The van der Waals surface area contributed by atoms with E-state index in [1.807, 2.05) is 6.92 Å². The summed E-state index contributed by atoms with van der Waals surface area (Å²) in [5.74, 6) is 0.894. The molecule has 4 nitrogen and oxygen atoms in total. The van der Waals surface area contributed by atoms with E-state index in [0.717, 1.165) is 16.3 Å². The third kappa shape index (κ3) is 3.35. The zero-order valence-corrected chi connectivity index (χ0v) is 14.7. The molecule has 1 saturated carbocycles. The smallest absolute Gasteiger partial charge is 0.229 e. The SMILES string of the molecule is Cc1ccc([C@@H]2C[C@H]2C(=O)Nc2nc(C)c(SCC#N)s2)s1. The minimum absolute atomic E-state index is 0.0571. The standard InChI is InChI=1S/C15H15N3OS3/c1-8-3-4-12(21-8)10-7-11(10)13(19)18-15-17-9(2)14(22-15)20-6-5-16/h3-4,10-11H,6-7H2,1-2H3,(H,17,18,19)/t10-,11-/m1/s1. The van der Waals surface area contributed by atoms with Gasteiger partial charge in [-0.1, -0.05) is 23.1 Å². The minimum Gasteiger partial charge on any atom is -0.302 e. The number of aromatic nitrogens is 1. The zero-order chi connectivity index (χ0) is 15.7. The van der Waals surface area contributed by atoms with Crippen molar-refractivity contribution in [1.82, 2.24) is 4.98 Å². The number of rotatable bonds is 5. The molecule has 7 heteroatoms. The summed E-state index contributed by atoms with van der Waals surface area (Å²) in [5, 5.41) is 12.2. The molecule has 2 aromatic heterocycles. The average molecular weight is 350 g/mol. The summed E-state index contributed by atoms with van der Waals surface area (Å²) in [4.78, 5) is 19.3. The molecule has 0 aromatic carbocycles. The van der Waals surface area contributed by atoms with Gasteiger partial charge in [0.1, 0.15) is 0 Å². The van der Waals surface area contributed by atoms with Crippen LogP contribution in [-0.4, -0.2) is 16.6 Å². The molecular weight excluding hydrogens is 334 g/mol. The number of nitrogens with one attached hydrogen (secondary N) is 1. The van der Waals surface area contributed by atoms with Crippen molar-refractivity contribution >= 4 is 45.5 Å². The van der Waals surface area contributed by atoms with E-state index < -0.39 is 0 Å². The molecule has 22 heavy (non-hydrogen) atoms. The monoisotopic (exact) mass is 349 g/mol. The highest BCUT2D eigenvalue weighted by atomic mass is 32.2. The summed E-state index contributed by atoms with van der Waals surface area (Å²) in [6.07, 6.45) is 0.923. The zero-order valence-electron chi connectivity index (χ0n) is 12.3. The molecular formula is C15H15N3OS3. The number of carbonyl (C=O) groups excluding carboxylic acids is 1. The van der Waals surface area contributed by atoms with Gasteiger partial charge in [-0.05, 0) is 32.4 Å². The molecule has 1 fully saturated rings. The molecule has 0 spiro atoms. The van der Waals surface area contributed by atoms with E-state index in [0.29, 0.717) is 16.8 Å². The lowest BCUT2D eigenvalue weighted by Crippen LogP contribution is -2.14. The number of amides is 1. The van der Waals surface area contributed by atoms with Crippen LogP contribution >= 0.6 is 34.4 Å². The fourth-order valence-electron chi connectivity index (χ4n) is 2.32. The van der Waals surface area contributed by atoms with E-state index in [1.54, 1.807) is 11.3 Å². The molecule has 0 bridgehead atoms. The van der Waals surface area contributed by atoms with Crippen molar-refractivity contribution < 1.29 is 4.79 Å². The molecule has 0 radical (unpaired) electrons. The number of hydrogen-bond acceptors (Lipinski definition) is 6. The third-order valence-electron chi connectivity index (χ3n) is 3.51. The maximum Gasteiger partial charge on any atom is 0.229 e. The highest BCUT2D eigenvalue weighted by Gasteiger charge is 2.44. The molecule has 1 aliphatic carbocycles. The first kappa shape index (κ1) is 15.5. The minimum atomic E-state index is 0.0571. The van der Waals surface area contributed by atoms with Crippen molar-refractivity contribution in [3.8, 4) is 6.07 Å². The number of aryl methyl sites for hydroxylation is 2. The summed E-state index contributed by atoms with van der Waals surface area (Å²) in [6.45, 7) is 3.99. The molecule has 2 atom stereocenters. The Bertz CT molecular complexity index is 744. The van der Waals surface area contributed by atoms with Gasteiger partial charge in [0.15, 0.2) is 5.13 Å². The van der Waals surface area contributed by atoms with Crippen LogP contribution in [0.25, 0.3) is 0 Å². The summed E-state index contributed by atoms with van der Waals surface area (Å²) < 4.78 is 0.998. The van der Waals surface area contributed by atoms with Crippen LogP contribution in [0.1, 0.15) is 27.8 Å². The summed E-state index contributed by atoms with van der Waals surface area (Å²) >= 11 is 4.68. The van der Waals surface area contributed by atoms with Crippen molar-refractivity contribution in [1.29, 1.82) is 5.26 Å². The Balaban J connectivity index is 1.60. The van der Waals surface area contributed by atoms with E-state index in [1.165, 1.54) is 32.9 Å². The molecule has 2 heterocycles. The number of nitrogens with zero attached hydrogens (tertiary/aromatic N) is 2. The first-order valence-corrected chi connectivity index (χ1v) is 9.54. The van der Waals surface area contributed by atoms with Crippen LogP contribution in [0.5, 0.6) is 0 Å². The number of thiophene rings is 1. The second-order valence-corrected chi connectivity index (χ2v) is 8.79. The van der Waals surface area contributed by atoms with Crippen molar-refractivity contribution in [3.05, 3.63) is 27.6 Å². The van der Waals surface area contributed by atoms with Gasteiger partial charge >= 0.3 is 0 Å². The predicted octanol–water partition coefficient (Wildman–Crippen LogP) is 4.18. The Morgan fingerprint density at radius 1 is 1.50 bits per heavy atom. The quantitative estimate of drug-likeness (QED) is 0.822. The third-order valence-corrected chi connectivity index (χ3v) is 6.94. The predicted molar refractivity (Wildman–Crippen MR) is 91.7 cm³/mol. The van der Waals surface area contributed by atoms with E-state index in [-0.39, 0.29) is 11.8 Å². The number of thiazole rings is 1. The van der Waals surface area contributed by atoms with Gasteiger partial charge in [0.05, 0.1) is 21.7 Å². The van der Waals surface area contributed by atoms with Gasteiger partial charge in [-0.15, -0.1) is 11.3 Å². The van der Waals surface area contributed by atoms with Gasteiger partial charge < -0.3 is 5.32 Å². The van der Waals surface area contributed by atoms with Crippen molar-refractivity contribution in [2.75, 3.05) is 11.1 Å². The molecule has 0 saturated heterocycles. The molecule has 114 valence electrons. The van der Waals surface area contributed by atoms with Gasteiger partial charge in [-0.25, -0.2) is 4.98 Å². The fourth-order valence-corrected chi connectivity index (χ4v) is 5.18. The summed E-state index contributed by atoms with van der Waals surface area (Å²) in [5.41, 5.74) is 0.877. The van der Waals surface area contributed by atoms with E-state index >= 15 is 0 Å². The number of carbonyl (C=O) groups is 1. The highest BCUT2D eigenvalue weighted by molar-refractivity contribution is 8.01. The van der Waals surface area contributed by atoms with Crippen molar-refractivity contribution in [2.45, 2.75) is 30.4 Å². The highest BCUT2D eigenvalue weighted by Crippen LogP contribution is 2.50. The lowest BCUT2D eigenvalue weighted by molar-refractivity contribution is -0.117. The summed E-state index contributed by atoms with van der Waals surface area (Å²) in [6, 6.07) is 6.34. The topological polar surface area (TPSA) is 65.8 Å². The first-order chi connectivity index (χ1) is 10.6. The van der Waals surface area contributed by atoms with Crippen LogP contribution in [0.3, 0.4) is 0 Å². The Labute approximate surface area is 141 Å². The fraction of sp³-hybridized carbons (Fsp3) is 0.400. The maximum absolute atomic E-state index is 12.3. The molecule has 2 aromatic rings. The molecule has 3 rings (SSSR count). The lowest BCUT2D eigenvalue weighted by atomic mass is 10.2. The van der Waals surface area contributed by atoms with E-state index in [4.69, 9.17) is 5.26 Å². The van der Waals surface area contributed by atoms with Crippen LogP contribution < -0.4 is 5.32 Å². The van der Waals surface area contributed by atoms with Crippen LogP contribution in [0.4, 0.5) is 5.13 Å². The molecule has 0 aliphatic heterocycles. The van der Waals surface area contributed by atoms with Gasteiger partial charge in [0.2, 0.25) is 5.91 Å². The van der Waals surface area contributed by atoms with Crippen LogP contribution in [0.15, 0.2) is 16.3 Å². The van der Waals surface area contributed by atoms with Crippen LogP contribution in [0, 0.1) is 31.1 Å². The van der Waals surface area contributed by atoms with Gasteiger partial charge in [0, 0.05) is 21.6 Å². The number of anilines is 1. The van der Waals surface area contributed by atoms with Crippen LogP contribution in [0.2, 0.25) is 0 Å². The van der Waals surface area contributed by atoms with Crippen molar-refractivity contribution in [2.24, 2.45) is 5.92 Å². The first-order valence-electron chi connectivity index (χ1n) is 6.93. The van der Waals surface area contributed by atoms with Gasteiger partial charge in [-0.3, -0.25) is 4.79 Å². The van der Waals surface area contributed by atoms with Crippen molar-refractivity contribution in [3.63, 3.8) is 0 Å². The molecule has 1 aliphatic rings. The van der Waals surface area contributed by atoms with Crippen LogP contribution in [-0.2, 0) is 4.79 Å². The molecule has 1 amide bonds. The van der Waals surface area contributed by atoms with Gasteiger partial charge in [0.25, 0.3) is 0 Å². The number of thioether (sulfide) groups is 1. The normalized spacial score (nSPS) is 19.7. The Morgan fingerprint density at radius 3 is 3.00 bits per heavy atom. The molecule has 0 unspecified atom stereocenters. The largest absolute Gasteiger partial charge is 0.302 e. The second kappa shape index (κ2) is 6.41.